The van der Waals surface area contributed by atoms with Gasteiger partial charge in [0.15, 0.2) is 0 Å². The number of ether oxygens (including phenoxy) is 1. The number of thiazole rings is 2. The highest BCUT2D eigenvalue weighted by Gasteiger charge is 2.28. The van der Waals surface area contributed by atoms with Gasteiger partial charge < -0.3 is 30.7 Å². The van der Waals surface area contributed by atoms with Crippen LogP contribution in [0.15, 0.2) is 89.5 Å². The number of carbonyl (C=O) groups is 3. The Morgan fingerprint density at radius 1 is 0.960 bits per heavy atom. The number of aliphatic hydroxyl groups excluding tert-OH is 1. The standard InChI is InChI=1S/C37H46N6O5S2/c1-24(2)33(42-36(46)43(5)20-29-22-49-35(40-29)25(3)4)34(45)39-28(16-26-12-8-6-9-13-26)18-32(44)31(17-27-14-10-7-11-15-27)41-37(47)48-21-30-19-38-23-50-30/h6-15,18-19,22-25,31-33,44H,16-17,20-21H2,1-5H3,(H,39,45)(H,41,47)(H,42,46)/b28-18-/t31-,32-,33-/m0/s1. The number of amides is 4. The highest BCUT2D eigenvalue weighted by Crippen LogP contribution is 2.20. The summed E-state index contributed by atoms with van der Waals surface area (Å²) in [6.07, 6.45) is 1.86. The Hall–Kier alpha value is -4.59. The number of nitrogens with one attached hydrogen (secondary N) is 3. The highest BCUT2D eigenvalue weighted by atomic mass is 32.1. The van der Waals surface area contributed by atoms with E-state index >= 15 is 0 Å². The molecule has 11 nitrogen and oxygen atoms in total. The van der Waals surface area contributed by atoms with Crippen LogP contribution < -0.4 is 16.0 Å². The van der Waals surface area contributed by atoms with Crippen LogP contribution in [0.1, 0.15) is 60.3 Å². The van der Waals surface area contributed by atoms with Gasteiger partial charge in [-0.05, 0) is 29.5 Å². The number of hydrogen-bond acceptors (Lipinski definition) is 9. The van der Waals surface area contributed by atoms with Gasteiger partial charge in [0.25, 0.3) is 0 Å². The maximum atomic E-state index is 13.8. The molecule has 13 heteroatoms. The molecule has 2 aromatic heterocycles. The van der Waals surface area contributed by atoms with Gasteiger partial charge in [0.1, 0.15) is 12.6 Å². The van der Waals surface area contributed by atoms with Crippen molar-refractivity contribution in [2.24, 2.45) is 5.92 Å². The number of urea groups is 1. The lowest BCUT2D eigenvalue weighted by molar-refractivity contribution is -0.123. The van der Waals surface area contributed by atoms with Crippen molar-refractivity contribution >= 4 is 40.7 Å². The summed E-state index contributed by atoms with van der Waals surface area (Å²) in [7, 11) is 1.66. The second-order valence-corrected chi connectivity index (χ2v) is 14.5. The molecule has 0 radical (unpaired) electrons. The van der Waals surface area contributed by atoms with E-state index in [1.54, 1.807) is 36.2 Å². The molecule has 4 amide bonds. The first kappa shape index (κ1) is 38.2. The van der Waals surface area contributed by atoms with Gasteiger partial charge in [-0.3, -0.25) is 9.78 Å². The zero-order valence-electron chi connectivity index (χ0n) is 29.0. The summed E-state index contributed by atoms with van der Waals surface area (Å²) in [4.78, 5) is 50.9. The summed E-state index contributed by atoms with van der Waals surface area (Å²) < 4.78 is 5.40. The first-order valence-electron chi connectivity index (χ1n) is 16.5. The number of allylic oxidation sites excluding steroid dienone is 1. The van der Waals surface area contributed by atoms with E-state index in [0.29, 0.717) is 24.6 Å². The molecule has 0 aliphatic rings. The predicted molar refractivity (Wildman–Crippen MR) is 197 cm³/mol. The third kappa shape index (κ3) is 12.1. The topological polar surface area (TPSA) is 146 Å². The van der Waals surface area contributed by atoms with Crippen molar-refractivity contribution in [3.8, 4) is 0 Å². The zero-order chi connectivity index (χ0) is 36.0. The van der Waals surface area contributed by atoms with Crippen molar-refractivity contribution in [2.45, 2.75) is 77.8 Å². The van der Waals surface area contributed by atoms with Crippen LogP contribution in [0.25, 0.3) is 0 Å². The molecule has 0 spiro atoms. The van der Waals surface area contributed by atoms with Gasteiger partial charge in [0.2, 0.25) is 5.91 Å². The number of hydrogen-bond donors (Lipinski definition) is 4. The molecular formula is C37H46N6O5S2. The van der Waals surface area contributed by atoms with Crippen LogP contribution >= 0.6 is 22.7 Å². The maximum absolute atomic E-state index is 13.8. The van der Waals surface area contributed by atoms with Gasteiger partial charge in [0.05, 0.1) is 39.8 Å². The molecule has 0 saturated heterocycles. The second kappa shape index (κ2) is 19.0. The summed E-state index contributed by atoms with van der Waals surface area (Å²) in [6.45, 7) is 8.21. The second-order valence-electron chi connectivity index (χ2n) is 12.7. The van der Waals surface area contributed by atoms with E-state index in [1.807, 2.05) is 79.9 Å². The lowest BCUT2D eigenvalue weighted by Crippen LogP contribution is -2.52. The van der Waals surface area contributed by atoms with Gasteiger partial charge in [-0.1, -0.05) is 88.4 Å². The van der Waals surface area contributed by atoms with Crippen molar-refractivity contribution in [3.05, 3.63) is 116 Å². The van der Waals surface area contributed by atoms with Crippen molar-refractivity contribution in [1.82, 2.24) is 30.8 Å². The van der Waals surface area contributed by atoms with E-state index in [-0.39, 0.29) is 18.9 Å². The third-order valence-electron chi connectivity index (χ3n) is 7.77. The van der Waals surface area contributed by atoms with E-state index in [0.717, 1.165) is 26.7 Å². The Labute approximate surface area is 301 Å². The molecule has 4 N–H and O–H groups in total. The monoisotopic (exact) mass is 718 g/mol. The molecule has 4 rings (SSSR count). The molecule has 0 aliphatic heterocycles. The van der Waals surface area contributed by atoms with Crippen LogP contribution in [0.3, 0.4) is 0 Å². The number of aliphatic hydroxyl groups is 1. The Balaban J connectivity index is 1.51. The van der Waals surface area contributed by atoms with Crippen LogP contribution in [-0.4, -0.2) is 63.2 Å². The number of alkyl carbamates (subject to hydrolysis) is 1. The Morgan fingerprint density at radius 2 is 1.64 bits per heavy atom. The van der Waals surface area contributed by atoms with Gasteiger partial charge in [-0.25, -0.2) is 14.6 Å². The fraction of sp³-hybridized carbons (Fsp3) is 0.378. The van der Waals surface area contributed by atoms with Crippen molar-refractivity contribution in [3.63, 3.8) is 0 Å². The van der Waals surface area contributed by atoms with Crippen molar-refractivity contribution in [2.75, 3.05) is 7.05 Å². The first-order chi connectivity index (χ1) is 24.0. The Kier molecular flexibility index (Phi) is 14.5. The fourth-order valence-electron chi connectivity index (χ4n) is 5.04. The number of aromatic nitrogens is 2. The minimum Gasteiger partial charge on any atom is -0.444 e. The largest absolute Gasteiger partial charge is 0.444 e. The van der Waals surface area contributed by atoms with Crippen molar-refractivity contribution < 1.29 is 24.2 Å². The van der Waals surface area contributed by atoms with Gasteiger partial charge >= 0.3 is 12.1 Å². The number of rotatable bonds is 16. The zero-order valence-corrected chi connectivity index (χ0v) is 30.7. The summed E-state index contributed by atoms with van der Waals surface area (Å²) in [5, 5.41) is 23.2. The summed E-state index contributed by atoms with van der Waals surface area (Å²) in [6, 6.07) is 16.9. The van der Waals surface area contributed by atoms with E-state index in [4.69, 9.17) is 4.74 Å². The molecule has 0 saturated carbocycles. The minimum atomic E-state index is -1.21. The van der Waals surface area contributed by atoms with Crippen LogP contribution in [0.5, 0.6) is 0 Å². The van der Waals surface area contributed by atoms with Gasteiger partial charge in [-0.15, -0.1) is 22.7 Å². The third-order valence-corrected chi connectivity index (χ3v) is 9.72. The SMILES string of the molecule is CC(C)c1nc(CN(C)C(=O)N[C@H](C(=O)N/C(=C\[C@H](O)[C@H](Cc2ccccc2)NC(=O)OCc2cncs2)Cc2ccccc2)C(C)C)cs1. The molecule has 0 unspecified atom stereocenters. The summed E-state index contributed by atoms with van der Waals surface area (Å²) in [5.41, 5.74) is 4.66. The lowest BCUT2D eigenvalue weighted by Gasteiger charge is -2.27. The minimum absolute atomic E-state index is 0.0517. The molecule has 2 heterocycles. The quantitative estimate of drug-likeness (QED) is 0.111. The Bertz CT molecular complexity index is 1680. The van der Waals surface area contributed by atoms with E-state index in [2.05, 4.69) is 39.8 Å². The highest BCUT2D eigenvalue weighted by molar-refractivity contribution is 7.09. The van der Waals surface area contributed by atoms with Crippen molar-refractivity contribution in [1.29, 1.82) is 0 Å². The average Bonchev–Trinajstić information content (AvgIpc) is 3.79. The van der Waals surface area contributed by atoms with Crippen LogP contribution in [-0.2, 0) is 35.5 Å². The normalized spacial score (nSPS) is 13.4. The molecule has 266 valence electrons. The molecular weight excluding hydrogens is 673 g/mol. The maximum Gasteiger partial charge on any atom is 0.407 e. The molecule has 0 fully saturated rings. The van der Waals surface area contributed by atoms with E-state index in [1.165, 1.54) is 16.2 Å². The average molecular weight is 719 g/mol. The smallest absolute Gasteiger partial charge is 0.407 e. The molecule has 0 bridgehead atoms. The van der Waals surface area contributed by atoms with Gasteiger partial charge in [-0.2, -0.15) is 0 Å². The lowest BCUT2D eigenvalue weighted by atomic mass is 9.98. The van der Waals surface area contributed by atoms with Crippen LogP contribution in [0.4, 0.5) is 9.59 Å². The molecule has 0 aliphatic carbocycles. The summed E-state index contributed by atoms with van der Waals surface area (Å²) >= 11 is 2.93. The molecule has 3 atom stereocenters. The fourth-order valence-corrected chi connectivity index (χ4v) is 6.37. The first-order valence-corrected chi connectivity index (χ1v) is 18.3. The summed E-state index contributed by atoms with van der Waals surface area (Å²) in [5.74, 6) is -0.378. The van der Waals surface area contributed by atoms with Gasteiger partial charge in [0, 0.05) is 36.7 Å². The number of carbonyl (C=O) groups excluding carboxylic acids is 3. The number of benzene rings is 2. The van der Waals surface area contributed by atoms with Crippen LogP contribution in [0.2, 0.25) is 0 Å². The molecule has 2 aromatic carbocycles. The molecule has 50 heavy (non-hydrogen) atoms. The van der Waals surface area contributed by atoms with Crippen LogP contribution in [0, 0.1) is 5.92 Å². The molecule has 4 aromatic rings. The predicted octanol–water partition coefficient (Wildman–Crippen LogP) is 6.03. The van der Waals surface area contributed by atoms with E-state index < -0.39 is 36.2 Å². The Morgan fingerprint density at radius 3 is 2.24 bits per heavy atom. The van der Waals surface area contributed by atoms with E-state index in [9.17, 15) is 19.5 Å². The number of nitrogens with zero attached hydrogens (tertiary/aromatic N) is 3.